The van der Waals surface area contributed by atoms with Gasteiger partial charge in [-0.2, -0.15) is 0 Å². The standard InChI is InChI=1S/C5H14O6P2.3Na/c1-3-5(2)4-12(6,7)11-13(8,9)10;;;/h5H,3-4H2,1-2H3,(H,6,7)(H2,8,9,10);;;/q;3*+1/p-3. The van der Waals surface area contributed by atoms with Gasteiger partial charge in [0.2, 0.25) is 0 Å². The average Bonchev–Trinajstić information content (AvgIpc) is 1.80. The largest absolute Gasteiger partial charge is 1.00 e. The maximum atomic E-state index is 10.8. The summed E-state index contributed by atoms with van der Waals surface area (Å²) in [6.07, 6.45) is 0.134. The Morgan fingerprint density at radius 3 is 1.75 bits per heavy atom. The summed E-state index contributed by atoms with van der Waals surface area (Å²) in [5.74, 6) is -0.227. The average molecular weight is 298 g/mol. The van der Waals surface area contributed by atoms with Crippen LogP contribution >= 0.6 is 15.4 Å². The molecule has 0 aliphatic rings. The van der Waals surface area contributed by atoms with Crippen LogP contribution in [0.3, 0.4) is 0 Å². The Morgan fingerprint density at radius 1 is 1.12 bits per heavy atom. The summed E-state index contributed by atoms with van der Waals surface area (Å²) in [6.45, 7) is 3.37. The zero-order chi connectivity index (χ0) is 10.7. The van der Waals surface area contributed by atoms with E-state index in [2.05, 4.69) is 4.31 Å². The zero-order valence-corrected chi connectivity index (χ0v) is 18.1. The molecule has 0 aromatic heterocycles. The van der Waals surface area contributed by atoms with Crippen LogP contribution in [0.15, 0.2) is 0 Å². The summed E-state index contributed by atoms with van der Waals surface area (Å²) in [7, 11) is -9.95. The van der Waals surface area contributed by atoms with E-state index < -0.39 is 21.6 Å². The van der Waals surface area contributed by atoms with E-state index >= 15 is 0 Å². The zero-order valence-electron chi connectivity index (χ0n) is 10.3. The Bertz CT molecular complexity index is 257. The van der Waals surface area contributed by atoms with E-state index in [0.717, 1.165) is 0 Å². The van der Waals surface area contributed by atoms with Crippen molar-refractivity contribution in [3.63, 3.8) is 0 Å². The van der Waals surface area contributed by atoms with E-state index in [-0.39, 0.29) is 94.6 Å². The first-order valence-electron chi connectivity index (χ1n) is 3.70. The fourth-order valence-electron chi connectivity index (χ4n) is 0.697. The molecule has 0 saturated heterocycles. The molecule has 6 nitrogen and oxygen atoms in total. The predicted octanol–water partition coefficient (Wildman–Crippen LogP) is -9.56. The van der Waals surface area contributed by atoms with Crippen LogP contribution in [0.4, 0.5) is 0 Å². The molecule has 2 atom stereocenters. The number of hydrogen-bond acceptors (Lipinski definition) is 6. The van der Waals surface area contributed by atoms with Crippen molar-refractivity contribution in [1.29, 1.82) is 0 Å². The summed E-state index contributed by atoms with van der Waals surface area (Å²) >= 11 is 0. The molecule has 0 amide bonds. The van der Waals surface area contributed by atoms with Gasteiger partial charge in [0.1, 0.15) is 7.60 Å². The summed E-state index contributed by atoms with van der Waals surface area (Å²) in [4.78, 5) is 30.8. The third-order valence-electron chi connectivity index (χ3n) is 1.46. The van der Waals surface area contributed by atoms with Gasteiger partial charge in [-0.3, -0.25) is 0 Å². The minimum absolute atomic E-state index is 0. The van der Waals surface area contributed by atoms with Gasteiger partial charge in [-0.1, -0.05) is 20.3 Å². The van der Waals surface area contributed by atoms with Gasteiger partial charge in [-0.05, 0) is 5.92 Å². The summed E-state index contributed by atoms with van der Waals surface area (Å²) in [5, 5.41) is 0. The van der Waals surface area contributed by atoms with Crippen molar-refractivity contribution in [2.75, 3.05) is 6.16 Å². The molecule has 0 bridgehead atoms. The molecular formula is C5H11Na3O6P2. The molecule has 0 saturated carbocycles. The normalized spacial score (nSPS) is 15.8. The van der Waals surface area contributed by atoms with Crippen LogP contribution in [-0.2, 0) is 13.4 Å². The molecular weight excluding hydrogens is 287 g/mol. The van der Waals surface area contributed by atoms with Crippen molar-refractivity contribution >= 4 is 15.4 Å². The first kappa shape index (κ1) is 27.6. The van der Waals surface area contributed by atoms with Crippen molar-refractivity contribution in [2.45, 2.75) is 20.3 Å². The van der Waals surface area contributed by atoms with Crippen LogP contribution in [0.1, 0.15) is 20.3 Å². The van der Waals surface area contributed by atoms with E-state index in [1.165, 1.54) is 0 Å². The Kier molecular flexibility index (Phi) is 20.8. The monoisotopic (exact) mass is 298 g/mol. The maximum Gasteiger partial charge on any atom is 1.00 e. The van der Waals surface area contributed by atoms with Gasteiger partial charge in [0, 0.05) is 6.16 Å². The van der Waals surface area contributed by atoms with Gasteiger partial charge in [0.15, 0.2) is 0 Å². The Hall–Kier alpha value is 3.30. The second-order valence-electron chi connectivity index (χ2n) is 2.84. The van der Waals surface area contributed by atoms with Gasteiger partial charge in [0.25, 0.3) is 0 Å². The van der Waals surface area contributed by atoms with E-state index in [1.54, 1.807) is 13.8 Å². The summed E-state index contributed by atoms with van der Waals surface area (Å²) < 4.78 is 24.3. The second kappa shape index (κ2) is 12.1. The molecule has 16 heavy (non-hydrogen) atoms. The van der Waals surface area contributed by atoms with Crippen LogP contribution in [0, 0.1) is 5.92 Å². The summed E-state index contributed by atoms with van der Waals surface area (Å²) in [5.41, 5.74) is 0. The molecule has 0 heterocycles. The van der Waals surface area contributed by atoms with Gasteiger partial charge in [-0.15, -0.1) is 0 Å². The van der Waals surface area contributed by atoms with Gasteiger partial charge >= 0.3 is 88.7 Å². The maximum absolute atomic E-state index is 10.8. The Labute approximate surface area is 162 Å². The fraction of sp³-hybridized carbons (Fsp3) is 1.00. The van der Waals surface area contributed by atoms with Crippen LogP contribution in [0.2, 0.25) is 0 Å². The quantitative estimate of drug-likeness (QED) is 0.368. The van der Waals surface area contributed by atoms with Crippen LogP contribution in [-0.4, -0.2) is 6.16 Å². The molecule has 0 N–H and O–H groups in total. The third-order valence-corrected chi connectivity index (χ3v) is 4.32. The van der Waals surface area contributed by atoms with Gasteiger partial charge in [-0.25, -0.2) is 0 Å². The van der Waals surface area contributed by atoms with Crippen LogP contribution in [0.5, 0.6) is 0 Å². The minimum atomic E-state index is -5.43. The molecule has 0 radical (unpaired) electrons. The minimum Gasteiger partial charge on any atom is -0.790 e. The van der Waals surface area contributed by atoms with E-state index in [1.807, 2.05) is 0 Å². The van der Waals surface area contributed by atoms with Crippen molar-refractivity contribution in [2.24, 2.45) is 5.92 Å². The molecule has 0 fully saturated rings. The smallest absolute Gasteiger partial charge is 0.790 e. The molecule has 0 aromatic carbocycles. The van der Waals surface area contributed by atoms with Crippen molar-refractivity contribution in [1.82, 2.24) is 0 Å². The van der Waals surface area contributed by atoms with E-state index in [0.29, 0.717) is 6.42 Å². The fourth-order valence-corrected chi connectivity index (χ4v) is 3.20. The van der Waals surface area contributed by atoms with Gasteiger partial charge < -0.3 is 28.1 Å². The van der Waals surface area contributed by atoms with Crippen LogP contribution < -0.4 is 103 Å². The van der Waals surface area contributed by atoms with Crippen LogP contribution in [0.25, 0.3) is 0 Å². The third kappa shape index (κ3) is 17.3. The first-order valence-corrected chi connectivity index (χ1v) is 6.88. The Balaban J connectivity index is -0.000000240. The number of rotatable bonds is 5. The molecule has 11 heteroatoms. The van der Waals surface area contributed by atoms with Crippen molar-refractivity contribution < 1.29 is 117 Å². The van der Waals surface area contributed by atoms with Crippen molar-refractivity contribution in [3.8, 4) is 0 Å². The molecule has 80 valence electrons. The topological polar surface area (TPSA) is 113 Å². The van der Waals surface area contributed by atoms with E-state index in [4.69, 9.17) is 0 Å². The first-order chi connectivity index (χ1) is 5.66. The SMILES string of the molecule is CCC(C)CP(=O)([O-])OP(=O)([O-])[O-].[Na+].[Na+].[Na+]. The van der Waals surface area contributed by atoms with Crippen molar-refractivity contribution in [3.05, 3.63) is 0 Å². The molecule has 0 rings (SSSR count). The molecule has 0 aliphatic carbocycles. The molecule has 0 aromatic rings. The number of hydrogen-bond donors (Lipinski definition) is 0. The molecule has 0 spiro atoms. The van der Waals surface area contributed by atoms with E-state index in [9.17, 15) is 23.8 Å². The second-order valence-corrected chi connectivity index (χ2v) is 5.97. The molecule has 0 aliphatic heterocycles. The Morgan fingerprint density at radius 2 is 1.50 bits per heavy atom. The molecule has 2 unspecified atom stereocenters. The number of phosphoric acid groups is 1. The van der Waals surface area contributed by atoms with Gasteiger partial charge in [0.05, 0.1) is 7.82 Å². The predicted molar refractivity (Wildman–Crippen MR) is 40.6 cm³/mol. The summed E-state index contributed by atoms with van der Waals surface area (Å²) in [6, 6.07) is 0.